The number of fused-ring (bicyclic) bond motifs is 1. The summed E-state index contributed by atoms with van der Waals surface area (Å²) in [6.45, 7) is 2.35. The topological polar surface area (TPSA) is 6.48 Å². The number of piperazine rings is 1. The van der Waals surface area contributed by atoms with Gasteiger partial charge in [0.15, 0.2) is 0 Å². The van der Waals surface area contributed by atoms with Crippen LogP contribution in [0.25, 0.3) is 0 Å². The summed E-state index contributed by atoms with van der Waals surface area (Å²) >= 11 is 0. The van der Waals surface area contributed by atoms with Gasteiger partial charge in [-0.1, -0.05) is 6.42 Å². The summed E-state index contributed by atoms with van der Waals surface area (Å²) < 4.78 is 0. The standard InChI is InChI=1S/C9H17N2/c1-10-6-7-11(2)9-5-3-4-8(9)10/h8-9H,1,3-7H2,2H3/q-1/t8-,9+/m0/s1. The van der Waals surface area contributed by atoms with Gasteiger partial charge in [0.25, 0.3) is 0 Å². The normalized spacial score (nSPS) is 40.9. The summed E-state index contributed by atoms with van der Waals surface area (Å²) in [6, 6.07) is 1.56. The molecule has 0 aromatic carbocycles. The average molecular weight is 153 g/mol. The fraction of sp³-hybridized carbons (Fsp3) is 0.889. The van der Waals surface area contributed by atoms with Crippen LogP contribution in [0.4, 0.5) is 0 Å². The first-order valence-corrected chi connectivity index (χ1v) is 4.56. The van der Waals surface area contributed by atoms with Crippen molar-refractivity contribution in [3.05, 3.63) is 7.05 Å². The third-order valence-electron chi connectivity index (χ3n) is 3.22. The highest BCUT2D eigenvalue weighted by molar-refractivity contribution is 4.94. The van der Waals surface area contributed by atoms with Gasteiger partial charge in [0, 0.05) is 12.6 Å². The Morgan fingerprint density at radius 1 is 1.18 bits per heavy atom. The molecule has 2 rings (SSSR count). The molecule has 0 aromatic heterocycles. The predicted octanol–water partition coefficient (Wildman–Crippen LogP) is 0.946. The van der Waals surface area contributed by atoms with Crippen molar-refractivity contribution in [2.75, 3.05) is 20.1 Å². The maximum absolute atomic E-state index is 4.08. The summed E-state index contributed by atoms with van der Waals surface area (Å²) in [7, 11) is 6.33. The fourth-order valence-corrected chi connectivity index (χ4v) is 2.48. The second-order valence-corrected chi connectivity index (χ2v) is 3.86. The smallest absolute Gasteiger partial charge is 0.0225 e. The van der Waals surface area contributed by atoms with Crippen LogP contribution in [-0.4, -0.2) is 42.0 Å². The third kappa shape index (κ3) is 1.18. The summed E-state index contributed by atoms with van der Waals surface area (Å²) in [4.78, 5) is 4.79. The van der Waals surface area contributed by atoms with Gasteiger partial charge in [-0.15, -0.1) is 0 Å². The van der Waals surface area contributed by atoms with Gasteiger partial charge in [-0.25, -0.2) is 0 Å². The molecular weight excluding hydrogens is 136 g/mol. The van der Waals surface area contributed by atoms with Crippen molar-refractivity contribution in [2.45, 2.75) is 31.3 Å². The lowest BCUT2D eigenvalue weighted by molar-refractivity contribution is 0.0846. The van der Waals surface area contributed by atoms with Crippen molar-refractivity contribution in [1.29, 1.82) is 0 Å². The molecule has 2 heteroatoms. The van der Waals surface area contributed by atoms with Crippen LogP contribution in [0.1, 0.15) is 19.3 Å². The molecule has 0 amide bonds. The van der Waals surface area contributed by atoms with Crippen molar-refractivity contribution >= 4 is 0 Å². The van der Waals surface area contributed by atoms with Gasteiger partial charge in [0.1, 0.15) is 0 Å². The van der Waals surface area contributed by atoms with E-state index in [2.05, 4.69) is 23.9 Å². The molecule has 0 aromatic rings. The first-order valence-electron chi connectivity index (χ1n) is 4.56. The Bertz CT molecular complexity index is 130. The van der Waals surface area contributed by atoms with Gasteiger partial charge in [-0.2, -0.15) is 0 Å². The zero-order valence-corrected chi connectivity index (χ0v) is 7.29. The predicted molar refractivity (Wildman–Crippen MR) is 46.1 cm³/mol. The van der Waals surface area contributed by atoms with Crippen LogP contribution in [0, 0.1) is 7.05 Å². The molecule has 2 aliphatic rings. The van der Waals surface area contributed by atoms with Crippen molar-refractivity contribution in [2.24, 2.45) is 0 Å². The highest BCUT2D eigenvalue weighted by Crippen LogP contribution is 2.29. The molecule has 1 aliphatic carbocycles. The van der Waals surface area contributed by atoms with E-state index in [0.717, 1.165) is 18.6 Å². The monoisotopic (exact) mass is 153 g/mol. The minimum Gasteiger partial charge on any atom is -0.454 e. The third-order valence-corrected chi connectivity index (χ3v) is 3.22. The molecule has 1 heterocycles. The van der Waals surface area contributed by atoms with Crippen molar-refractivity contribution < 1.29 is 0 Å². The Morgan fingerprint density at radius 3 is 2.64 bits per heavy atom. The number of hydrogen-bond donors (Lipinski definition) is 0. The zero-order valence-electron chi connectivity index (χ0n) is 7.29. The Balaban J connectivity index is 2.08. The number of hydrogen-bond acceptors (Lipinski definition) is 2. The maximum Gasteiger partial charge on any atom is 0.0225 e. The van der Waals surface area contributed by atoms with E-state index in [-0.39, 0.29) is 0 Å². The Labute approximate surface area is 69.2 Å². The molecule has 0 unspecified atom stereocenters. The molecule has 1 saturated carbocycles. The van der Waals surface area contributed by atoms with E-state index in [1.807, 2.05) is 0 Å². The van der Waals surface area contributed by atoms with Crippen molar-refractivity contribution in [3.8, 4) is 0 Å². The SMILES string of the molecule is [CH2-]N1CCN(C)[C@@H]2CCC[C@@H]21. The molecule has 0 spiro atoms. The molecule has 2 atom stereocenters. The Kier molecular flexibility index (Phi) is 1.90. The van der Waals surface area contributed by atoms with Crippen LogP contribution in [0.2, 0.25) is 0 Å². The fourth-order valence-electron chi connectivity index (χ4n) is 2.48. The number of likely N-dealkylation sites (N-methyl/N-ethyl adjacent to an activating group) is 1. The zero-order chi connectivity index (χ0) is 7.84. The summed E-state index contributed by atoms with van der Waals surface area (Å²) in [6.07, 6.45) is 4.14. The van der Waals surface area contributed by atoms with E-state index in [1.165, 1.54) is 25.8 Å². The van der Waals surface area contributed by atoms with E-state index in [4.69, 9.17) is 0 Å². The highest BCUT2D eigenvalue weighted by atomic mass is 15.3. The maximum atomic E-state index is 4.08. The van der Waals surface area contributed by atoms with Crippen LogP contribution in [0.15, 0.2) is 0 Å². The van der Waals surface area contributed by atoms with E-state index < -0.39 is 0 Å². The van der Waals surface area contributed by atoms with E-state index in [1.54, 1.807) is 0 Å². The molecule has 0 radical (unpaired) electrons. The molecule has 1 saturated heterocycles. The molecule has 0 N–H and O–H groups in total. The second-order valence-electron chi connectivity index (χ2n) is 3.86. The lowest BCUT2D eigenvalue weighted by atomic mass is 10.1. The van der Waals surface area contributed by atoms with Gasteiger partial charge < -0.3 is 9.80 Å². The van der Waals surface area contributed by atoms with Gasteiger partial charge in [-0.3, -0.25) is 7.05 Å². The molecule has 64 valence electrons. The molecule has 2 fully saturated rings. The molecule has 1 aliphatic heterocycles. The average Bonchev–Trinajstić information content (AvgIpc) is 2.45. The van der Waals surface area contributed by atoms with Gasteiger partial charge in [-0.05, 0) is 32.5 Å². The summed E-state index contributed by atoms with van der Waals surface area (Å²) in [5, 5.41) is 0. The van der Waals surface area contributed by atoms with Crippen LogP contribution in [0.5, 0.6) is 0 Å². The summed E-state index contributed by atoms with van der Waals surface area (Å²) in [5.41, 5.74) is 0. The lowest BCUT2D eigenvalue weighted by Gasteiger charge is -2.46. The first kappa shape index (κ1) is 7.56. The number of nitrogens with zero attached hydrogens (tertiary/aromatic N) is 2. The summed E-state index contributed by atoms with van der Waals surface area (Å²) in [5.74, 6) is 0. The van der Waals surface area contributed by atoms with Crippen LogP contribution >= 0.6 is 0 Å². The van der Waals surface area contributed by atoms with Gasteiger partial charge in [0.2, 0.25) is 0 Å². The lowest BCUT2D eigenvalue weighted by Crippen LogP contribution is -2.53. The molecular formula is C9H17N2-. The second kappa shape index (κ2) is 2.76. The van der Waals surface area contributed by atoms with E-state index in [0.29, 0.717) is 0 Å². The minimum absolute atomic E-state index is 0.758. The van der Waals surface area contributed by atoms with Gasteiger partial charge in [0.05, 0.1) is 0 Å². The van der Waals surface area contributed by atoms with E-state index >= 15 is 0 Å². The molecule has 0 bridgehead atoms. The number of rotatable bonds is 0. The van der Waals surface area contributed by atoms with Gasteiger partial charge >= 0.3 is 0 Å². The molecule has 2 nitrogen and oxygen atoms in total. The van der Waals surface area contributed by atoms with Crippen molar-refractivity contribution in [1.82, 2.24) is 9.80 Å². The first-order chi connectivity index (χ1) is 5.29. The van der Waals surface area contributed by atoms with Crippen LogP contribution in [-0.2, 0) is 0 Å². The van der Waals surface area contributed by atoms with Crippen LogP contribution in [0.3, 0.4) is 0 Å². The van der Waals surface area contributed by atoms with E-state index in [9.17, 15) is 0 Å². The van der Waals surface area contributed by atoms with Crippen LogP contribution < -0.4 is 0 Å². The quantitative estimate of drug-likeness (QED) is 0.478. The van der Waals surface area contributed by atoms with Crippen molar-refractivity contribution in [3.63, 3.8) is 0 Å². The highest BCUT2D eigenvalue weighted by Gasteiger charge is 2.33. The Morgan fingerprint density at radius 2 is 1.91 bits per heavy atom. The largest absolute Gasteiger partial charge is 0.454 e. The minimum atomic E-state index is 0.758. The molecule has 11 heavy (non-hydrogen) atoms. The Hall–Kier alpha value is -0.0800.